The van der Waals surface area contributed by atoms with Gasteiger partial charge >= 0.3 is 35.7 Å². The summed E-state index contributed by atoms with van der Waals surface area (Å²) in [5, 5.41) is 11.1. The Bertz CT molecular complexity index is 389. The fourth-order valence-electron chi connectivity index (χ4n) is 0.783. The maximum Gasteiger partial charge on any atom is 1.00 e. The molecule has 0 radical (unpaired) electrons. The molecule has 0 atom stereocenters. The van der Waals surface area contributed by atoms with E-state index in [2.05, 4.69) is 4.98 Å². The molecule has 80 valence electrons. The molecule has 0 unspecified atom stereocenters. The van der Waals surface area contributed by atoms with Crippen molar-refractivity contribution in [3.8, 4) is 0 Å². The Labute approximate surface area is 111 Å². The number of nitrogens with zero attached hydrogens (tertiary/aromatic N) is 1. The van der Waals surface area contributed by atoms with Crippen molar-refractivity contribution in [2.75, 3.05) is 0 Å². The van der Waals surface area contributed by atoms with Crippen LogP contribution in [0.5, 0.6) is 0 Å². The van der Waals surface area contributed by atoms with Crippen molar-refractivity contribution in [3.05, 3.63) is 36.2 Å². The van der Waals surface area contributed by atoms with Gasteiger partial charge in [-0.3, -0.25) is 9.78 Å². The third kappa shape index (κ3) is 4.34. The number of pyridine rings is 1. The summed E-state index contributed by atoms with van der Waals surface area (Å²) < 4.78 is 35.3. The molecule has 0 N–H and O–H groups in total. The maximum atomic E-state index is 11.8. The van der Waals surface area contributed by atoms with Crippen LogP contribution in [0.15, 0.2) is 30.5 Å². The molecule has 1 aromatic heterocycles. The van der Waals surface area contributed by atoms with Crippen LogP contribution in [0.1, 0.15) is 5.69 Å². The fraction of sp³-hybridized carbons (Fsp3) is 0.111. The summed E-state index contributed by atoms with van der Waals surface area (Å²) in [6, 6.07) is 4.16. The van der Waals surface area contributed by atoms with E-state index in [4.69, 9.17) is 0 Å². The smallest absolute Gasteiger partial charge is 0.871 e. The van der Waals surface area contributed by atoms with E-state index in [0.717, 1.165) is 0 Å². The van der Waals surface area contributed by atoms with Crippen LogP contribution in [-0.4, -0.2) is 16.9 Å². The van der Waals surface area contributed by atoms with Crippen LogP contribution in [0.2, 0.25) is 0 Å². The van der Waals surface area contributed by atoms with Gasteiger partial charge in [0.05, 0.1) is 5.69 Å². The van der Waals surface area contributed by atoms with Crippen molar-refractivity contribution in [2.45, 2.75) is 6.18 Å². The first-order valence-corrected chi connectivity index (χ1v) is 3.82. The van der Waals surface area contributed by atoms with Crippen molar-refractivity contribution in [3.63, 3.8) is 0 Å². The van der Waals surface area contributed by atoms with Gasteiger partial charge in [0.15, 0.2) is 0 Å². The zero-order valence-electron chi connectivity index (χ0n) is 8.28. The molecule has 3 nitrogen and oxygen atoms in total. The van der Waals surface area contributed by atoms with E-state index in [1.807, 2.05) is 0 Å². The van der Waals surface area contributed by atoms with E-state index in [1.54, 1.807) is 0 Å². The molecular formula is C9H5F3NNaO2. The van der Waals surface area contributed by atoms with E-state index in [1.165, 1.54) is 24.4 Å². The third-order valence-corrected chi connectivity index (χ3v) is 1.46. The minimum Gasteiger partial charge on any atom is -0.871 e. The minimum absolute atomic E-state index is 0. The molecule has 0 aliphatic carbocycles. The van der Waals surface area contributed by atoms with Crippen LogP contribution in [0.25, 0.3) is 5.76 Å². The van der Waals surface area contributed by atoms with Crippen molar-refractivity contribution in [1.29, 1.82) is 0 Å². The molecule has 0 saturated carbocycles. The van der Waals surface area contributed by atoms with E-state index in [9.17, 15) is 23.1 Å². The Balaban J connectivity index is 0.00000225. The number of hydrogen-bond acceptors (Lipinski definition) is 3. The van der Waals surface area contributed by atoms with Gasteiger partial charge in [-0.2, -0.15) is 13.2 Å². The first-order valence-electron chi connectivity index (χ1n) is 3.82. The monoisotopic (exact) mass is 239 g/mol. The summed E-state index contributed by atoms with van der Waals surface area (Å²) in [4.78, 5) is 13.9. The number of halogens is 3. The molecule has 0 amide bonds. The second kappa shape index (κ2) is 6.03. The fourth-order valence-corrected chi connectivity index (χ4v) is 0.783. The number of hydrogen-bond donors (Lipinski definition) is 0. The van der Waals surface area contributed by atoms with Gasteiger partial charge in [0, 0.05) is 6.20 Å². The molecule has 0 aliphatic rings. The quantitative estimate of drug-likeness (QED) is 0.338. The van der Waals surface area contributed by atoms with Gasteiger partial charge in [0.2, 0.25) is 0 Å². The summed E-state index contributed by atoms with van der Waals surface area (Å²) in [6.07, 6.45) is -3.79. The van der Waals surface area contributed by atoms with Crippen LogP contribution in [0, 0.1) is 0 Å². The maximum absolute atomic E-state index is 11.8. The molecule has 0 saturated heterocycles. The van der Waals surface area contributed by atoms with Crippen LogP contribution >= 0.6 is 0 Å². The summed E-state index contributed by atoms with van der Waals surface area (Å²) in [7, 11) is 0. The van der Waals surface area contributed by atoms with E-state index in [-0.39, 0.29) is 41.3 Å². The first kappa shape index (κ1) is 15.2. The Kier molecular flexibility index (Phi) is 5.71. The Hall–Kier alpha value is -0.850. The zero-order valence-corrected chi connectivity index (χ0v) is 10.3. The largest absolute Gasteiger partial charge is 1.00 e. The van der Waals surface area contributed by atoms with Gasteiger partial charge in [0.25, 0.3) is 5.78 Å². The Morgan fingerprint density at radius 1 is 1.38 bits per heavy atom. The van der Waals surface area contributed by atoms with Gasteiger partial charge in [-0.1, -0.05) is 11.8 Å². The molecular weight excluding hydrogens is 234 g/mol. The Morgan fingerprint density at radius 2 is 2.00 bits per heavy atom. The molecule has 1 aromatic rings. The molecule has 0 bridgehead atoms. The van der Waals surface area contributed by atoms with Crippen molar-refractivity contribution in [1.82, 2.24) is 4.98 Å². The van der Waals surface area contributed by atoms with Gasteiger partial charge in [0.1, 0.15) is 0 Å². The molecule has 0 spiro atoms. The molecule has 1 heterocycles. The summed E-state index contributed by atoms with van der Waals surface area (Å²) >= 11 is 0. The number of alkyl halides is 3. The molecule has 0 fully saturated rings. The van der Waals surface area contributed by atoms with Crippen molar-refractivity contribution in [2.24, 2.45) is 0 Å². The number of rotatable bonds is 2. The molecule has 0 aromatic carbocycles. The molecule has 0 aliphatic heterocycles. The standard InChI is InChI=1S/C9H6F3NO2.Na/c10-9(11,12)8(15)5-7(14)6-3-1-2-4-13-6;/h1-5,14H;/q;+1/p-1/b7-5-;. The average Bonchev–Trinajstić information content (AvgIpc) is 2.17. The zero-order chi connectivity index (χ0) is 11.5. The summed E-state index contributed by atoms with van der Waals surface area (Å²) in [6.45, 7) is 0. The molecule has 1 rings (SSSR count). The number of aromatic nitrogens is 1. The predicted molar refractivity (Wildman–Crippen MR) is 43.3 cm³/mol. The van der Waals surface area contributed by atoms with Gasteiger partial charge in [-0.15, -0.1) is 0 Å². The van der Waals surface area contributed by atoms with Crippen molar-refractivity contribution >= 4 is 11.5 Å². The van der Waals surface area contributed by atoms with Gasteiger partial charge < -0.3 is 5.11 Å². The van der Waals surface area contributed by atoms with E-state index >= 15 is 0 Å². The topological polar surface area (TPSA) is 53.0 Å². The average molecular weight is 239 g/mol. The number of allylic oxidation sites excluding steroid dienone is 1. The molecule has 7 heteroatoms. The second-order valence-electron chi connectivity index (χ2n) is 2.59. The van der Waals surface area contributed by atoms with Crippen LogP contribution in [0.3, 0.4) is 0 Å². The number of carbonyl (C=O) groups is 1. The van der Waals surface area contributed by atoms with Crippen LogP contribution < -0.4 is 34.7 Å². The number of ketones is 1. The second-order valence-corrected chi connectivity index (χ2v) is 2.59. The van der Waals surface area contributed by atoms with Crippen LogP contribution in [-0.2, 0) is 4.79 Å². The molecule has 16 heavy (non-hydrogen) atoms. The Morgan fingerprint density at radius 3 is 2.44 bits per heavy atom. The van der Waals surface area contributed by atoms with Gasteiger partial charge in [-0.05, 0) is 18.2 Å². The van der Waals surface area contributed by atoms with E-state index < -0.39 is 17.7 Å². The third-order valence-electron chi connectivity index (χ3n) is 1.46. The van der Waals surface area contributed by atoms with E-state index in [0.29, 0.717) is 0 Å². The van der Waals surface area contributed by atoms with Crippen LogP contribution in [0.4, 0.5) is 13.2 Å². The van der Waals surface area contributed by atoms with Crippen molar-refractivity contribution < 1.29 is 52.6 Å². The normalized spacial score (nSPS) is 11.8. The SMILES string of the molecule is O=C(/C=C(\[O-])c1ccccn1)C(F)(F)F.[Na+]. The minimum atomic E-state index is -5.02. The summed E-state index contributed by atoms with van der Waals surface area (Å²) in [5.41, 5.74) is -0.199. The summed E-state index contributed by atoms with van der Waals surface area (Å²) in [5.74, 6) is -3.24. The predicted octanol–water partition coefficient (Wildman–Crippen LogP) is -2.08. The first-order chi connectivity index (χ1) is 6.91. The van der Waals surface area contributed by atoms with Gasteiger partial charge in [-0.25, -0.2) is 0 Å². The number of carbonyl (C=O) groups excluding carboxylic acids is 1.